The zero-order chi connectivity index (χ0) is 8.48. The van der Waals surface area contributed by atoms with Gasteiger partial charge in [-0.2, -0.15) is 0 Å². The standard InChI is InChI=1S/C8H9Cl2N/c1-8(2,10)6-4-3-5-7(9)11-6/h3-5H,1-2H3. The van der Waals surface area contributed by atoms with Gasteiger partial charge in [0.25, 0.3) is 0 Å². The van der Waals surface area contributed by atoms with Crippen LogP contribution in [0, 0.1) is 0 Å². The maximum Gasteiger partial charge on any atom is 0.129 e. The number of rotatable bonds is 1. The van der Waals surface area contributed by atoms with Gasteiger partial charge in [-0.1, -0.05) is 17.7 Å². The number of alkyl halides is 1. The summed E-state index contributed by atoms with van der Waals surface area (Å²) in [6.45, 7) is 3.76. The van der Waals surface area contributed by atoms with Crippen LogP contribution in [-0.4, -0.2) is 4.98 Å². The Bertz CT molecular complexity index is 253. The molecule has 1 aromatic heterocycles. The molecule has 0 aromatic carbocycles. The molecule has 0 spiro atoms. The maximum absolute atomic E-state index is 6.01. The molecule has 11 heavy (non-hydrogen) atoms. The minimum absolute atomic E-state index is 0.440. The van der Waals surface area contributed by atoms with Gasteiger partial charge in [0.1, 0.15) is 5.15 Å². The monoisotopic (exact) mass is 189 g/mol. The average molecular weight is 190 g/mol. The van der Waals surface area contributed by atoms with E-state index < -0.39 is 4.87 Å². The molecule has 0 atom stereocenters. The summed E-state index contributed by atoms with van der Waals surface area (Å²) in [5, 5.41) is 0.483. The molecular weight excluding hydrogens is 181 g/mol. The summed E-state index contributed by atoms with van der Waals surface area (Å²) in [6, 6.07) is 5.43. The van der Waals surface area contributed by atoms with Gasteiger partial charge in [0, 0.05) is 0 Å². The smallest absolute Gasteiger partial charge is 0.129 e. The molecule has 1 aromatic rings. The van der Waals surface area contributed by atoms with Gasteiger partial charge in [-0.25, -0.2) is 4.98 Å². The van der Waals surface area contributed by atoms with Crippen LogP contribution in [0.2, 0.25) is 5.15 Å². The van der Waals surface area contributed by atoms with E-state index in [0.717, 1.165) is 5.69 Å². The van der Waals surface area contributed by atoms with Gasteiger partial charge < -0.3 is 0 Å². The number of nitrogens with zero attached hydrogens (tertiary/aromatic N) is 1. The fourth-order valence-electron chi connectivity index (χ4n) is 0.739. The average Bonchev–Trinajstić information content (AvgIpc) is 1.86. The molecule has 0 aliphatic rings. The third-order valence-corrected chi connectivity index (χ3v) is 1.73. The minimum atomic E-state index is -0.440. The lowest BCUT2D eigenvalue weighted by atomic mass is 10.1. The fraction of sp³-hybridized carbons (Fsp3) is 0.375. The zero-order valence-electron chi connectivity index (χ0n) is 6.44. The van der Waals surface area contributed by atoms with E-state index in [2.05, 4.69) is 4.98 Å². The van der Waals surface area contributed by atoms with E-state index in [1.165, 1.54) is 0 Å². The summed E-state index contributed by atoms with van der Waals surface area (Å²) >= 11 is 11.7. The highest BCUT2D eigenvalue weighted by Gasteiger charge is 2.17. The highest BCUT2D eigenvalue weighted by Crippen LogP contribution is 2.26. The lowest BCUT2D eigenvalue weighted by Gasteiger charge is -2.14. The van der Waals surface area contributed by atoms with E-state index in [4.69, 9.17) is 23.2 Å². The number of hydrogen-bond donors (Lipinski definition) is 0. The van der Waals surface area contributed by atoms with Crippen LogP contribution in [0.1, 0.15) is 19.5 Å². The maximum atomic E-state index is 6.01. The molecule has 1 heterocycles. The highest BCUT2D eigenvalue weighted by molar-refractivity contribution is 6.29. The molecule has 0 amide bonds. The molecule has 0 N–H and O–H groups in total. The van der Waals surface area contributed by atoms with Crippen molar-refractivity contribution in [2.75, 3.05) is 0 Å². The molecule has 0 aliphatic heterocycles. The largest absolute Gasteiger partial charge is 0.239 e. The molecule has 0 bridgehead atoms. The molecule has 1 rings (SSSR count). The van der Waals surface area contributed by atoms with Crippen LogP contribution in [-0.2, 0) is 4.87 Å². The predicted octanol–water partition coefficient (Wildman–Crippen LogP) is 3.21. The van der Waals surface area contributed by atoms with Crippen molar-refractivity contribution >= 4 is 23.2 Å². The van der Waals surface area contributed by atoms with Gasteiger partial charge >= 0.3 is 0 Å². The van der Waals surface area contributed by atoms with E-state index in [0.29, 0.717) is 5.15 Å². The summed E-state index contributed by atoms with van der Waals surface area (Å²) < 4.78 is 0. The Labute approximate surface area is 76.4 Å². The summed E-state index contributed by atoms with van der Waals surface area (Å²) in [5.41, 5.74) is 0.798. The van der Waals surface area contributed by atoms with Crippen molar-refractivity contribution in [3.05, 3.63) is 29.0 Å². The molecule has 0 radical (unpaired) electrons. The first-order chi connectivity index (χ1) is 5.00. The first kappa shape index (κ1) is 8.82. The van der Waals surface area contributed by atoms with Crippen molar-refractivity contribution in [2.24, 2.45) is 0 Å². The van der Waals surface area contributed by atoms with Crippen LogP contribution in [0.5, 0.6) is 0 Å². The molecule has 0 saturated heterocycles. The fourth-order valence-corrected chi connectivity index (χ4v) is 1.01. The van der Waals surface area contributed by atoms with E-state index in [1.54, 1.807) is 6.07 Å². The second kappa shape index (κ2) is 3.00. The number of aromatic nitrogens is 1. The Hall–Kier alpha value is -0.270. The van der Waals surface area contributed by atoms with Crippen molar-refractivity contribution in [2.45, 2.75) is 18.7 Å². The van der Waals surface area contributed by atoms with Gasteiger partial charge in [0.15, 0.2) is 0 Å². The van der Waals surface area contributed by atoms with Crippen LogP contribution >= 0.6 is 23.2 Å². The second-order valence-corrected chi connectivity index (χ2v) is 4.15. The Morgan fingerprint density at radius 1 is 1.36 bits per heavy atom. The number of pyridine rings is 1. The summed E-state index contributed by atoms with van der Waals surface area (Å²) in [7, 11) is 0. The second-order valence-electron chi connectivity index (χ2n) is 2.82. The molecule has 60 valence electrons. The lowest BCUT2D eigenvalue weighted by Crippen LogP contribution is -2.09. The Balaban J connectivity index is 3.06. The summed E-state index contributed by atoms with van der Waals surface area (Å²) in [6.07, 6.45) is 0. The van der Waals surface area contributed by atoms with Crippen molar-refractivity contribution in [1.82, 2.24) is 4.98 Å². The lowest BCUT2D eigenvalue weighted by molar-refractivity contribution is 0.732. The molecule has 3 heteroatoms. The molecule has 0 unspecified atom stereocenters. The normalized spacial score (nSPS) is 11.6. The van der Waals surface area contributed by atoms with Crippen molar-refractivity contribution in [3.63, 3.8) is 0 Å². The molecule has 1 nitrogen and oxygen atoms in total. The van der Waals surface area contributed by atoms with Crippen molar-refractivity contribution in [1.29, 1.82) is 0 Å². The Morgan fingerprint density at radius 2 is 2.00 bits per heavy atom. The molecule has 0 aliphatic carbocycles. The van der Waals surface area contributed by atoms with E-state index in [1.807, 2.05) is 26.0 Å². The van der Waals surface area contributed by atoms with E-state index in [-0.39, 0.29) is 0 Å². The number of hydrogen-bond acceptors (Lipinski definition) is 1. The van der Waals surface area contributed by atoms with Crippen LogP contribution in [0.4, 0.5) is 0 Å². The van der Waals surface area contributed by atoms with Gasteiger partial charge in [0.05, 0.1) is 10.6 Å². The van der Waals surface area contributed by atoms with Gasteiger partial charge in [-0.05, 0) is 26.0 Å². The van der Waals surface area contributed by atoms with Gasteiger partial charge in [-0.15, -0.1) is 11.6 Å². The van der Waals surface area contributed by atoms with Crippen molar-refractivity contribution < 1.29 is 0 Å². The minimum Gasteiger partial charge on any atom is -0.239 e. The van der Waals surface area contributed by atoms with E-state index >= 15 is 0 Å². The summed E-state index contributed by atoms with van der Waals surface area (Å²) in [5.74, 6) is 0. The third-order valence-electron chi connectivity index (χ3n) is 1.32. The Morgan fingerprint density at radius 3 is 2.36 bits per heavy atom. The SMILES string of the molecule is CC(C)(Cl)c1cccc(Cl)n1. The molecule has 0 fully saturated rings. The van der Waals surface area contributed by atoms with Crippen LogP contribution in [0.3, 0.4) is 0 Å². The van der Waals surface area contributed by atoms with Crippen molar-refractivity contribution in [3.8, 4) is 0 Å². The third kappa shape index (κ3) is 2.35. The first-order valence-corrected chi connectivity index (χ1v) is 4.08. The first-order valence-electron chi connectivity index (χ1n) is 3.32. The highest BCUT2D eigenvalue weighted by atomic mass is 35.5. The van der Waals surface area contributed by atoms with Gasteiger partial charge in [0.2, 0.25) is 0 Å². The van der Waals surface area contributed by atoms with Crippen LogP contribution < -0.4 is 0 Å². The molecular formula is C8H9Cl2N. The topological polar surface area (TPSA) is 12.9 Å². The quantitative estimate of drug-likeness (QED) is 0.489. The van der Waals surface area contributed by atoms with Crippen LogP contribution in [0.15, 0.2) is 18.2 Å². The zero-order valence-corrected chi connectivity index (χ0v) is 7.95. The predicted molar refractivity (Wildman–Crippen MR) is 48.1 cm³/mol. The number of halogens is 2. The summed E-state index contributed by atoms with van der Waals surface area (Å²) in [4.78, 5) is 3.64. The van der Waals surface area contributed by atoms with Gasteiger partial charge in [-0.3, -0.25) is 0 Å². The van der Waals surface area contributed by atoms with E-state index in [9.17, 15) is 0 Å². The molecule has 0 saturated carbocycles. The van der Waals surface area contributed by atoms with Crippen LogP contribution in [0.25, 0.3) is 0 Å². The Kier molecular flexibility index (Phi) is 2.40.